The third kappa shape index (κ3) is 4.12. The van der Waals surface area contributed by atoms with Gasteiger partial charge in [-0.2, -0.15) is 0 Å². The van der Waals surface area contributed by atoms with E-state index < -0.39 is 5.97 Å². The van der Waals surface area contributed by atoms with Crippen LogP contribution in [0.3, 0.4) is 0 Å². The smallest absolute Gasteiger partial charge is 0.303 e. The van der Waals surface area contributed by atoms with Crippen molar-refractivity contribution in [3.63, 3.8) is 0 Å². The van der Waals surface area contributed by atoms with Crippen molar-refractivity contribution in [2.24, 2.45) is 11.8 Å². The highest BCUT2D eigenvalue weighted by atomic mass is 16.4. The standard InChI is InChI=1S/C12H22O2/c1-10(6-5-9-12(13)14)11-7-3-2-4-8-11/h10-11H,2-9H2,1H3,(H,13,14). The molecule has 1 N–H and O–H groups in total. The van der Waals surface area contributed by atoms with Crippen LogP contribution < -0.4 is 0 Å². The van der Waals surface area contributed by atoms with Gasteiger partial charge in [0.2, 0.25) is 0 Å². The van der Waals surface area contributed by atoms with Crippen molar-refractivity contribution in [3.05, 3.63) is 0 Å². The molecule has 1 unspecified atom stereocenters. The van der Waals surface area contributed by atoms with E-state index in [1.165, 1.54) is 32.1 Å². The SMILES string of the molecule is CC(CCCC(=O)O)C1CCCCC1. The van der Waals surface area contributed by atoms with Crippen LogP contribution in [0.1, 0.15) is 58.3 Å². The van der Waals surface area contributed by atoms with E-state index in [0.29, 0.717) is 6.42 Å². The van der Waals surface area contributed by atoms with Crippen LogP contribution in [-0.2, 0) is 4.79 Å². The Morgan fingerprint density at radius 1 is 1.36 bits per heavy atom. The molecule has 0 aromatic carbocycles. The molecule has 1 aliphatic carbocycles. The van der Waals surface area contributed by atoms with Gasteiger partial charge in [0.05, 0.1) is 0 Å². The van der Waals surface area contributed by atoms with Crippen molar-refractivity contribution >= 4 is 5.97 Å². The maximum atomic E-state index is 10.4. The van der Waals surface area contributed by atoms with Crippen LogP contribution in [0.25, 0.3) is 0 Å². The second-order valence-electron chi connectivity index (χ2n) is 4.66. The van der Waals surface area contributed by atoms with Crippen LogP contribution in [0.5, 0.6) is 0 Å². The molecule has 0 aromatic rings. The van der Waals surface area contributed by atoms with Crippen molar-refractivity contribution in [2.75, 3.05) is 0 Å². The fourth-order valence-corrected chi connectivity index (χ4v) is 2.51. The molecule has 0 aromatic heterocycles. The molecule has 0 radical (unpaired) electrons. The molecule has 0 amide bonds. The van der Waals surface area contributed by atoms with Gasteiger partial charge in [0.15, 0.2) is 0 Å². The number of aliphatic carboxylic acids is 1. The lowest BCUT2D eigenvalue weighted by Gasteiger charge is -2.27. The van der Waals surface area contributed by atoms with Gasteiger partial charge in [-0.1, -0.05) is 39.0 Å². The Morgan fingerprint density at radius 3 is 2.57 bits per heavy atom. The van der Waals surface area contributed by atoms with Gasteiger partial charge in [-0.3, -0.25) is 4.79 Å². The van der Waals surface area contributed by atoms with Crippen molar-refractivity contribution in [1.82, 2.24) is 0 Å². The topological polar surface area (TPSA) is 37.3 Å². The van der Waals surface area contributed by atoms with E-state index in [0.717, 1.165) is 24.7 Å². The van der Waals surface area contributed by atoms with Crippen LogP contribution in [0.2, 0.25) is 0 Å². The summed E-state index contributed by atoms with van der Waals surface area (Å²) in [6, 6.07) is 0. The largest absolute Gasteiger partial charge is 0.481 e. The Balaban J connectivity index is 2.13. The number of carbonyl (C=O) groups is 1. The summed E-state index contributed by atoms with van der Waals surface area (Å²) in [5.74, 6) is 0.952. The first kappa shape index (κ1) is 11.5. The minimum absolute atomic E-state index is 0.344. The van der Waals surface area contributed by atoms with E-state index in [-0.39, 0.29) is 0 Å². The number of hydrogen-bond acceptors (Lipinski definition) is 1. The molecule has 1 aliphatic rings. The van der Waals surface area contributed by atoms with Crippen molar-refractivity contribution in [2.45, 2.75) is 58.3 Å². The van der Waals surface area contributed by atoms with Crippen LogP contribution >= 0.6 is 0 Å². The Labute approximate surface area is 86.7 Å². The van der Waals surface area contributed by atoms with Gasteiger partial charge in [0.1, 0.15) is 0 Å². The number of carboxylic acid groups (broad SMARTS) is 1. The maximum absolute atomic E-state index is 10.4. The van der Waals surface area contributed by atoms with E-state index in [9.17, 15) is 4.79 Å². The van der Waals surface area contributed by atoms with Gasteiger partial charge >= 0.3 is 5.97 Å². The summed E-state index contributed by atoms with van der Waals surface area (Å²) in [5, 5.41) is 8.54. The van der Waals surface area contributed by atoms with Crippen LogP contribution in [0, 0.1) is 11.8 Å². The molecule has 0 aliphatic heterocycles. The molecule has 0 heterocycles. The zero-order valence-corrected chi connectivity index (χ0v) is 9.17. The minimum atomic E-state index is -0.652. The summed E-state index contributed by atoms with van der Waals surface area (Å²) in [4.78, 5) is 10.4. The lowest BCUT2D eigenvalue weighted by atomic mass is 9.79. The van der Waals surface area contributed by atoms with Crippen LogP contribution in [0.15, 0.2) is 0 Å². The van der Waals surface area contributed by atoms with E-state index in [2.05, 4.69) is 6.92 Å². The lowest BCUT2D eigenvalue weighted by Crippen LogP contribution is -2.15. The van der Waals surface area contributed by atoms with Crippen molar-refractivity contribution in [3.8, 4) is 0 Å². The van der Waals surface area contributed by atoms with Crippen molar-refractivity contribution < 1.29 is 9.90 Å². The molecular weight excluding hydrogens is 176 g/mol. The second kappa shape index (κ2) is 6.05. The molecule has 14 heavy (non-hydrogen) atoms. The average Bonchev–Trinajstić information content (AvgIpc) is 2.18. The highest BCUT2D eigenvalue weighted by Gasteiger charge is 2.19. The first-order valence-electron chi connectivity index (χ1n) is 5.92. The van der Waals surface area contributed by atoms with Gasteiger partial charge in [-0.05, 0) is 24.7 Å². The lowest BCUT2D eigenvalue weighted by molar-refractivity contribution is -0.137. The summed E-state index contributed by atoms with van der Waals surface area (Å²) >= 11 is 0. The molecule has 0 bridgehead atoms. The fourth-order valence-electron chi connectivity index (χ4n) is 2.51. The molecule has 2 heteroatoms. The van der Waals surface area contributed by atoms with Gasteiger partial charge in [0.25, 0.3) is 0 Å². The first-order chi connectivity index (χ1) is 6.70. The zero-order chi connectivity index (χ0) is 10.4. The Bertz CT molecular complexity index is 171. The molecule has 82 valence electrons. The highest BCUT2D eigenvalue weighted by Crippen LogP contribution is 2.32. The minimum Gasteiger partial charge on any atom is -0.481 e. The van der Waals surface area contributed by atoms with E-state index >= 15 is 0 Å². The molecule has 1 fully saturated rings. The average molecular weight is 198 g/mol. The fraction of sp³-hybridized carbons (Fsp3) is 0.917. The molecule has 1 rings (SSSR count). The Kier molecular flexibility index (Phi) is 4.99. The summed E-state index contributed by atoms with van der Waals surface area (Å²) in [6.07, 6.45) is 9.20. The van der Waals surface area contributed by atoms with Crippen LogP contribution in [-0.4, -0.2) is 11.1 Å². The Hall–Kier alpha value is -0.530. The molecule has 1 atom stereocenters. The van der Waals surface area contributed by atoms with Gasteiger partial charge < -0.3 is 5.11 Å². The summed E-state index contributed by atoms with van der Waals surface area (Å²) in [5.41, 5.74) is 0. The molecule has 2 nitrogen and oxygen atoms in total. The quantitative estimate of drug-likeness (QED) is 0.734. The second-order valence-corrected chi connectivity index (χ2v) is 4.66. The summed E-state index contributed by atoms with van der Waals surface area (Å²) in [6.45, 7) is 2.29. The molecule has 0 saturated heterocycles. The first-order valence-corrected chi connectivity index (χ1v) is 5.92. The zero-order valence-electron chi connectivity index (χ0n) is 9.17. The predicted octanol–water partition coefficient (Wildman–Crippen LogP) is 3.46. The number of carboxylic acids is 1. The summed E-state index contributed by atoms with van der Waals surface area (Å²) < 4.78 is 0. The maximum Gasteiger partial charge on any atom is 0.303 e. The molecule has 1 saturated carbocycles. The van der Waals surface area contributed by atoms with Gasteiger partial charge in [-0.25, -0.2) is 0 Å². The number of rotatable bonds is 5. The molecule has 0 spiro atoms. The van der Waals surface area contributed by atoms with E-state index in [4.69, 9.17) is 5.11 Å². The highest BCUT2D eigenvalue weighted by molar-refractivity contribution is 5.66. The van der Waals surface area contributed by atoms with Gasteiger partial charge in [-0.15, -0.1) is 0 Å². The summed E-state index contributed by atoms with van der Waals surface area (Å²) in [7, 11) is 0. The molecular formula is C12H22O2. The normalized spacial score (nSPS) is 20.6. The predicted molar refractivity (Wildman–Crippen MR) is 57.2 cm³/mol. The van der Waals surface area contributed by atoms with Gasteiger partial charge in [0, 0.05) is 6.42 Å². The monoisotopic (exact) mass is 198 g/mol. The van der Waals surface area contributed by atoms with Crippen molar-refractivity contribution in [1.29, 1.82) is 0 Å². The Morgan fingerprint density at radius 2 is 2.00 bits per heavy atom. The third-order valence-corrected chi connectivity index (χ3v) is 3.50. The number of hydrogen-bond donors (Lipinski definition) is 1. The third-order valence-electron chi connectivity index (χ3n) is 3.50. The van der Waals surface area contributed by atoms with E-state index in [1.807, 2.05) is 0 Å². The van der Waals surface area contributed by atoms with E-state index in [1.54, 1.807) is 0 Å². The van der Waals surface area contributed by atoms with Crippen LogP contribution in [0.4, 0.5) is 0 Å².